The average Bonchev–Trinajstić information content (AvgIpc) is 3.33. The Morgan fingerprint density at radius 3 is 2.29 bits per heavy atom. The highest BCUT2D eigenvalue weighted by Gasteiger charge is 2.15. The number of hydrogen-bond acceptors (Lipinski definition) is 4. The first-order valence-corrected chi connectivity index (χ1v) is 11.4. The SMILES string of the molecule is Cc1nn2c(-c3cccc(NC(=O)c4cccc(-c5ccccc5)c4)c3)nnc2c2ccccc12. The first kappa shape index (κ1) is 20.7. The summed E-state index contributed by atoms with van der Waals surface area (Å²) in [5.41, 5.74) is 5.75. The lowest BCUT2D eigenvalue weighted by molar-refractivity contribution is 0.102. The van der Waals surface area contributed by atoms with E-state index in [1.807, 2.05) is 110 Å². The Hall–Kier alpha value is -4.84. The molecule has 2 heterocycles. The maximum atomic E-state index is 13.0. The minimum Gasteiger partial charge on any atom is -0.322 e. The van der Waals surface area contributed by atoms with Gasteiger partial charge in [-0.05, 0) is 42.3 Å². The molecule has 0 spiro atoms. The lowest BCUT2D eigenvalue weighted by Crippen LogP contribution is -2.12. The highest BCUT2D eigenvalue weighted by molar-refractivity contribution is 6.05. The fourth-order valence-electron chi connectivity index (χ4n) is 4.33. The summed E-state index contributed by atoms with van der Waals surface area (Å²) >= 11 is 0. The van der Waals surface area contributed by atoms with Crippen LogP contribution in [-0.2, 0) is 0 Å². The standard InChI is InChI=1S/C29H21N5O/c1-19-25-15-5-6-16-26(25)28-32-31-27(34(28)33-19)22-12-8-14-24(18-22)30-29(35)23-13-7-11-21(17-23)20-9-3-2-4-10-20/h2-18H,1H3,(H,30,35). The van der Waals surface area contributed by atoms with Crippen LogP contribution in [0.1, 0.15) is 16.1 Å². The van der Waals surface area contributed by atoms with Crippen LogP contribution in [0.2, 0.25) is 0 Å². The Balaban J connectivity index is 1.32. The van der Waals surface area contributed by atoms with Gasteiger partial charge in [0.2, 0.25) is 0 Å². The highest BCUT2D eigenvalue weighted by Crippen LogP contribution is 2.26. The summed E-state index contributed by atoms with van der Waals surface area (Å²) in [5, 5.41) is 18.6. The van der Waals surface area contributed by atoms with Crippen molar-refractivity contribution < 1.29 is 4.79 Å². The van der Waals surface area contributed by atoms with Crippen LogP contribution in [0.5, 0.6) is 0 Å². The summed E-state index contributed by atoms with van der Waals surface area (Å²) in [7, 11) is 0. The molecule has 0 saturated carbocycles. The van der Waals surface area contributed by atoms with E-state index in [1.54, 1.807) is 4.52 Å². The number of aromatic nitrogens is 4. The van der Waals surface area contributed by atoms with E-state index in [-0.39, 0.29) is 5.91 Å². The number of fused-ring (bicyclic) bond motifs is 3. The molecule has 168 valence electrons. The molecular formula is C29H21N5O. The van der Waals surface area contributed by atoms with Gasteiger partial charge in [-0.3, -0.25) is 4.79 Å². The lowest BCUT2D eigenvalue weighted by atomic mass is 10.0. The molecule has 6 nitrogen and oxygen atoms in total. The molecule has 0 atom stereocenters. The van der Waals surface area contributed by atoms with E-state index < -0.39 is 0 Å². The molecule has 6 rings (SSSR count). The zero-order chi connectivity index (χ0) is 23.8. The van der Waals surface area contributed by atoms with Gasteiger partial charge in [-0.25, -0.2) is 0 Å². The topological polar surface area (TPSA) is 72.2 Å². The van der Waals surface area contributed by atoms with Gasteiger partial charge in [-0.1, -0.05) is 78.9 Å². The molecule has 1 N–H and O–H groups in total. The molecule has 0 aliphatic heterocycles. The number of nitrogens with one attached hydrogen (secondary N) is 1. The Bertz CT molecular complexity index is 1710. The van der Waals surface area contributed by atoms with E-state index in [4.69, 9.17) is 5.10 Å². The summed E-state index contributed by atoms with van der Waals surface area (Å²) < 4.78 is 1.77. The molecule has 0 unspecified atom stereocenters. The smallest absolute Gasteiger partial charge is 0.255 e. The molecule has 0 aliphatic carbocycles. The zero-order valence-electron chi connectivity index (χ0n) is 19.0. The van der Waals surface area contributed by atoms with Gasteiger partial charge >= 0.3 is 0 Å². The fraction of sp³-hybridized carbons (Fsp3) is 0.0345. The molecule has 6 heteroatoms. The predicted molar refractivity (Wildman–Crippen MR) is 138 cm³/mol. The van der Waals surface area contributed by atoms with Crippen molar-refractivity contribution in [3.63, 3.8) is 0 Å². The van der Waals surface area contributed by atoms with Gasteiger partial charge in [0.05, 0.1) is 5.69 Å². The van der Waals surface area contributed by atoms with Crippen LogP contribution in [-0.4, -0.2) is 25.7 Å². The molecular weight excluding hydrogens is 434 g/mol. The van der Waals surface area contributed by atoms with Crippen molar-refractivity contribution in [1.29, 1.82) is 0 Å². The number of amides is 1. The molecule has 0 bridgehead atoms. The van der Waals surface area contributed by atoms with E-state index in [0.717, 1.165) is 33.2 Å². The van der Waals surface area contributed by atoms with Crippen LogP contribution in [0.25, 0.3) is 38.9 Å². The number of carbonyl (C=O) groups excluding carboxylic acids is 1. The number of anilines is 1. The van der Waals surface area contributed by atoms with Gasteiger partial charge < -0.3 is 5.32 Å². The fourth-order valence-corrected chi connectivity index (χ4v) is 4.33. The van der Waals surface area contributed by atoms with Gasteiger partial charge in [-0.2, -0.15) is 9.61 Å². The van der Waals surface area contributed by atoms with Crippen molar-refractivity contribution in [3.8, 4) is 22.5 Å². The summed E-state index contributed by atoms with van der Waals surface area (Å²) in [4.78, 5) is 13.0. The number of benzene rings is 4. The second-order valence-corrected chi connectivity index (χ2v) is 8.37. The van der Waals surface area contributed by atoms with Crippen LogP contribution in [0.4, 0.5) is 5.69 Å². The van der Waals surface area contributed by atoms with E-state index in [0.29, 0.717) is 22.7 Å². The number of hydrogen-bond donors (Lipinski definition) is 1. The predicted octanol–water partition coefficient (Wildman–Crippen LogP) is 6.17. The van der Waals surface area contributed by atoms with Gasteiger partial charge in [0, 0.05) is 27.6 Å². The largest absolute Gasteiger partial charge is 0.322 e. The summed E-state index contributed by atoms with van der Waals surface area (Å²) in [6, 6.07) is 33.2. The van der Waals surface area contributed by atoms with Crippen LogP contribution in [0, 0.1) is 6.92 Å². The second-order valence-electron chi connectivity index (χ2n) is 8.37. The third-order valence-electron chi connectivity index (χ3n) is 6.06. The minimum atomic E-state index is -0.175. The first-order valence-electron chi connectivity index (χ1n) is 11.4. The quantitative estimate of drug-likeness (QED) is 0.345. The molecule has 6 aromatic rings. The Morgan fingerprint density at radius 2 is 1.43 bits per heavy atom. The van der Waals surface area contributed by atoms with Crippen molar-refractivity contribution in [2.45, 2.75) is 6.92 Å². The number of aryl methyl sites for hydroxylation is 1. The van der Waals surface area contributed by atoms with E-state index >= 15 is 0 Å². The van der Waals surface area contributed by atoms with Crippen molar-refractivity contribution in [1.82, 2.24) is 19.8 Å². The molecule has 0 aliphatic rings. The van der Waals surface area contributed by atoms with E-state index in [9.17, 15) is 4.79 Å². The molecule has 0 fully saturated rings. The van der Waals surface area contributed by atoms with Crippen molar-refractivity contribution in [2.24, 2.45) is 0 Å². The van der Waals surface area contributed by atoms with Crippen molar-refractivity contribution in [2.75, 3.05) is 5.32 Å². The minimum absolute atomic E-state index is 0.175. The van der Waals surface area contributed by atoms with E-state index in [1.165, 1.54) is 0 Å². The molecule has 0 radical (unpaired) electrons. The van der Waals surface area contributed by atoms with Crippen LogP contribution in [0.3, 0.4) is 0 Å². The van der Waals surface area contributed by atoms with Crippen LogP contribution < -0.4 is 5.32 Å². The van der Waals surface area contributed by atoms with Gasteiger partial charge in [0.15, 0.2) is 11.5 Å². The molecule has 1 amide bonds. The third kappa shape index (κ3) is 3.81. The van der Waals surface area contributed by atoms with Gasteiger partial charge in [0.25, 0.3) is 5.91 Å². The maximum Gasteiger partial charge on any atom is 0.255 e. The Morgan fingerprint density at radius 1 is 0.714 bits per heavy atom. The molecule has 2 aromatic heterocycles. The number of nitrogens with zero attached hydrogens (tertiary/aromatic N) is 4. The molecule has 4 aromatic carbocycles. The summed E-state index contributed by atoms with van der Waals surface area (Å²) in [5.74, 6) is 0.446. The van der Waals surface area contributed by atoms with Crippen molar-refractivity contribution in [3.05, 3.63) is 114 Å². The normalized spacial score (nSPS) is 11.1. The van der Waals surface area contributed by atoms with Crippen LogP contribution in [0.15, 0.2) is 103 Å². The lowest BCUT2D eigenvalue weighted by Gasteiger charge is -2.09. The second kappa shape index (κ2) is 8.50. The highest BCUT2D eigenvalue weighted by atomic mass is 16.1. The van der Waals surface area contributed by atoms with Gasteiger partial charge in [0.1, 0.15) is 0 Å². The summed E-state index contributed by atoms with van der Waals surface area (Å²) in [6.45, 7) is 1.98. The zero-order valence-corrected chi connectivity index (χ0v) is 19.0. The maximum absolute atomic E-state index is 13.0. The number of rotatable bonds is 4. The molecule has 35 heavy (non-hydrogen) atoms. The van der Waals surface area contributed by atoms with Gasteiger partial charge in [-0.15, -0.1) is 10.2 Å². The van der Waals surface area contributed by atoms with Crippen LogP contribution >= 0.6 is 0 Å². The third-order valence-corrected chi connectivity index (χ3v) is 6.06. The van der Waals surface area contributed by atoms with E-state index in [2.05, 4.69) is 15.5 Å². The molecule has 0 saturated heterocycles. The first-order chi connectivity index (χ1) is 17.2. The Labute approximate surface area is 201 Å². The average molecular weight is 456 g/mol. The summed E-state index contributed by atoms with van der Waals surface area (Å²) in [6.07, 6.45) is 0. The van der Waals surface area contributed by atoms with Crippen molar-refractivity contribution >= 4 is 28.0 Å². The number of carbonyl (C=O) groups is 1. The monoisotopic (exact) mass is 455 g/mol. The Kier molecular flexibility index (Phi) is 5.04.